The molecule has 3 aromatic rings. The number of carbonyl (C=O) groups excluding carboxylic acids is 1. The zero-order chi connectivity index (χ0) is 25.4. The van der Waals surface area contributed by atoms with Gasteiger partial charge in [-0.2, -0.15) is 13.8 Å². The zero-order valence-electron chi connectivity index (χ0n) is 19.0. The molecular weight excluding hydrogens is 494 g/mol. The van der Waals surface area contributed by atoms with E-state index >= 15 is 0 Å². The van der Waals surface area contributed by atoms with Gasteiger partial charge in [0.2, 0.25) is 5.95 Å². The lowest BCUT2D eigenvalue weighted by molar-refractivity contribution is -0.143. The van der Waals surface area contributed by atoms with Crippen LogP contribution in [0.3, 0.4) is 0 Å². The summed E-state index contributed by atoms with van der Waals surface area (Å²) in [5, 5.41) is 26.7. The van der Waals surface area contributed by atoms with Crippen molar-refractivity contribution in [3.05, 3.63) is 34.6 Å². The van der Waals surface area contributed by atoms with Crippen LogP contribution in [0.4, 0.5) is 31.9 Å². The molecule has 2 fully saturated rings. The van der Waals surface area contributed by atoms with Crippen molar-refractivity contribution in [1.82, 2.24) is 24.5 Å². The number of carbonyl (C=O) groups is 1. The molecule has 1 aliphatic heterocycles. The lowest BCUT2D eigenvalue weighted by Gasteiger charge is -2.36. The Kier molecular flexibility index (Phi) is 6.39. The third-order valence-corrected chi connectivity index (χ3v) is 6.46. The van der Waals surface area contributed by atoms with Crippen molar-refractivity contribution in [2.24, 2.45) is 0 Å². The second kappa shape index (κ2) is 9.64. The molecule has 11 nitrogen and oxygen atoms in total. The number of aromatic nitrogens is 4. The predicted molar refractivity (Wildman–Crippen MR) is 133 cm³/mol. The van der Waals surface area contributed by atoms with Crippen LogP contribution in [0.1, 0.15) is 24.1 Å². The summed E-state index contributed by atoms with van der Waals surface area (Å²) in [4.78, 5) is 23.6. The number of benzene rings is 1. The van der Waals surface area contributed by atoms with Crippen LogP contribution >= 0.6 is 11.6 Å². The maximum atomic E-state index is 12.8. The van der Waals surface area contributed by atoms with Gasteiger partial charge in [0, 0.05) is 44.7 Å². The molecule has 1 aromatic carbocycles. The van der Waals surface area contributed by atoms with Gasteiger partial charge in [-0.1, -0.05) is 11.6 Å². The van der Waals surface area contributed by atoms with E-state index in [2.05, 4.69) is 25.7 Å². The molecule has 4 N–H and O–H groups in total. The summed E-state index contributed by atoms with van der Waals surface area (Å²) in [5.41, 5.74) is 2.59. The molecule has 2 aromatic heterocycles. The Bertz CT molecular complexity index is 1330. The van der Waals surface area contributed by atoms with E-state index in [1.165, 1.54) is 16.9 Å². The van der Waals surface area contributed by atoms with Crippen LogP contribution < -0.4 is 15.5 Å². The topological polar surface area (TPSA) is 138 Å². The molecule has 1 aliphatic carbocycles. The number of amides is 1. The quantitative estimate of drug-likeness (QED) is 0.337. The van der Waals surface area contributed by atoms with E-state index in [1.54, 1.807) is 12.1 Å². The number of piperazine rings is 1. The molecule has 14 heteroatoms. The normalized spacial score (nSPS) is 15.9. The van der Waals surface area contributed by atoms with Gasteiger partial charge in [0.25, 0.3) is 5.91 Å². The first-order valence-corrected chi connectivity index (χ1v) is 11.7. The fraction of sp³-hybridized carbons (Fsp3) is 0.364. The molecule has 1 saturated heterocycles. The second-order valence-corrected chi connectivity index (χ2v) is 8.93. The number of hydrogen-bond acceptors (Lipinski definition) is 9. The van der Waals surface area contributed by atoms with Gasteiger partial charge in [0.15, 0.2) is 11.5 Å². The number of nitrogens with zero attached hydrogens (tertiary/aromatic N) is 6. The lowest BCUT2D eigenvalue weighted by atomic mass is 10.1. The van der Waals surface area contributed by atoms with Crippen molar-refractivity contribution >= 4 is 58.7 Å². The molecule has 0 atom stereocenters. The van der Waals surface area contributed by atoms with Crippen molar-refractivity contribution in [1.29, 1.82) is 10.8 Å². The minimum Gasteiger partial charge on any atom is -0.367 e. The Labute approximate surface area is 209 Å². The molecule has 0 bridgehead atoms. The van der Waals surface area contributed by atoms with E-state index in [1.807, 2.05) is 4.90 Å². The van der Waals surface area contributed by atoms with Crippen molar-refractivity contribution in [2.75, 3.05) is 41.7 Å². The van der Waals surface area contributed by atoms with Crippen molar-refractivity contribution in [3.8, 4) is 0 Å². The smallest absolute Gasteiger partial charge is 0.315 e. The summed E-state index contributed by atoms with van der Waals surface area (Å²) in [6.45, 7) is 0.906. The Morgan fingerprint density at radius 1 is 1.17 bits per heavy atom. The van der Waals surface area contributed by atoms with Crippen molar-refractivity contribution in [3.63, 3.8) is 0 Å². The highest BCUT2D eigenvalue weighted by molar-refractivity contribution is 6.36. The molecule has 1 saturated carbocycles. The molecule has 0 unspecified atom stereocenters. The Hall–Kier alpha value is -3.87. The van der Waals surface area contributed by atoms with Gasteiger partial charge in [-0.15, -0.1) is 5.10 Å². The standard InChI is InChI=1S/C22H23ClF2N10O/c23-17-15(7-12(9-26)8-16(17)33-3-5-34(6-4-33)21(36)18(24)25)30-22-31-19(29-13-1-2-13)20-28-11-14(10-27)35(20)32-22/h7-11,13,18,26-27H,1-6H2,(H2,29,30,31,32). The Morgan fingerprint density at radius 2 is 1.92 bits per heavy atom. The predicted octanol–water partition coefficient (Wildman–Crippen LogP) is 3.00. The van der Waals surface area contributed by atoms with E-state index in [-0.39, 0.29) is 19.0 Å². The van der Waals surface area contributed by atoms with Crippen LogP contribution in [0, 0.1) is 10.8 Å². The molecule has 0 spiro atoms. The van der Waals surface area contributed by atoms with E-state index in [9.17, 15) is 13.6 Å². The fourth-order valence-corrected chi connectivity index (χ4v) is 4.31. The number of halogens is 3. The van der Waals surface area contributed by atoms with Gasteiger partial charge >= 0.3 is 6.43 Å². The highest BCUT2D eigenvalue weighted by Crippen LogP contribution is 2.36. The Morgan fingerprint density at radius 3 is 2.56 bits per heavy atom. The molecular formula is C22H23ClF2N10O. The van der Waals surface area contributed by atoms with Gasteiger partial charge in [-0.25, -0.2) is 9.50 Å². The SMILES string of the molecule is N=Cc1cc(Nc2nc(NC3CC3)c3ncc(C=N)n3n2)c(Cl)c(N2CCN(C(=O)C(F)F)CC2)c1. The van der Waals surface area contributed by atoms with Crippen LogP contribution in [-0.2, 0) is 4.79 Å². The summed E-state index contributed by atoms with van der Waals surface area (Å²) in [5.74, 6) is -0.431. The molecule has 2 aliphatic rings. The van der Waals surface area contributed by atoms with Gasteiger partial charge in [0.1, 0.15) is 5.69 Å². The van der Waals surface area contributed by atoms with E-state index in [0.29, 0.717) is 58.3 Å². The summed E-state index contributed by atoms with van der Waals surface area (Å²) >= 11 is 6.75. The maximum Gasteiger partial charge on any atom is 0.315 e. The number of anilines is 4. The summed E-state index contributed by atoms with van der Waals surface area (Å²) in [7, 11) is 0. The van der Waals surface area contributed by atoms with Gasteiger partial charge < -0.3 is 31.3 Å². The number of alkyl halides is 2. The first kappa shape index (κ1) is 23.9. The first-order valence-electron chi connectivity index (χ1n) is 11.3. The van der Waals surface area contributed by atoms with Crippen molar-refractivity contribution in [2.45, 2.75) is 25.3 Å². The third-order valence-electron chi connectivity index (χ3n) is 6.06. The molecule has 3 heterocycles. The van der Waals surface area contributed by atoms with E-state index in [0.717, 1.165) is 24.0 Å². The van der Waals surface area contributed by atoms with Crippen LogP contribution in [0.5, 0.6) is 0 Å². The minimum absolute atomic E-state index is 0.139. The number of rotatable bonds is 8. The number of fused-ring (bicyclic) bond motifs is 1. The third kappa shape index (κ3) is 4.65. The van der Waals surface area contributed by atoms with Crippen LogP contribution in [0.15, 0.2) is 18.3 Å². The monoisotopic (exact) mass is 516 g/mol. The molecule has 0 radical (unpaired) electrons. The summed E-state index contributed by atoms with van der Waals surface area (Å²) < 4.78 is 27.1. The Balaban J connectivity index is 1.45. The van der Waals surface area contributed by atoms with Crippen LogP contribution in [0.25, 0.3) is 5.65 Å². The second-order valence-electron chi connectivity index (χ2n) is 8.55. The number of hydrogen-bond donors (Lipinski definition) is 4. The summed E-state index contributed by atoms with van der Waals surface area (Å²) in [6.07, 6.45) is 2.90. The average molecular weight is 517 g/mol. The van der Waals surface area contributed by atoms with E-state index < -0.39 is 12.3 Å². The number of nitrogens with one attached hydrogen (secondary N) is 4. The largest absolute Gasteiger partial charge is 0.367 e. The zero-order valence-corrected chi connectivity index (χ0v) is 19.8. The molecule has 36 heavy (non-hydrogen) atoms. The molecule has 5 rings (SSSR count). The molecule has 1 amide bonds. The first-order chi connectivity index (χ1) is 17.4. The van der Waals surface area contributed by atoms with Gasteiger partial charge in [-0.05, 0) is 30.5 Å². The maximum absolute atomic E-state index is 12.8. The highest BCUT2D eigenvalue weighted by atomic mass is 35.5. The fourth-order valence-electron chi connectivity index (χ4n) is 4.03. The van der Waals surface area contributed by atoms with Crippen LogP contribution in [-0.4, -0.2) is 81.5 Å². The van der Waals surface area contributed by atoms with Gasteiger partial charge in [-0.3, -0.25) is 4.79 Å². The lowest BCUT2D eigenvalue weighted by Crippen LogP contribution is -2.50. The highest BCUT2D eigenvalue weighted by Gasteiger charge is 2.28. The summed E-state index contributed by atoms with van der Waals surface area (Å²) in [6, 6.07) is 3.73. The van der Waals surface area contributed by atoms with E-state index in [4.69, 9.17) is 22.4 Å². The number of imidazole rings is 1. The van der Waals surface area contributed by atoms with Crippen LogP contribution in [0.2, 0.25) is 5.02 Å². The van der Waals surface area contributed by atoms with Gasteiger partial charge in [0.05, 0.1) is 22.6 Å². The molecule has 188 valence electrons. The average Bonchev–Trinajstić information content (AvgIpc) is 3.60. The minimum atomic E-state index is -3.03. The van der Waals surface area contributed by atoms with Crippen molar-refractivity contribution < 1.29 is 13.6 Å².